The molecule has 1 N–H and O–H groups in total. The number of hydrogen-bond donors (Lipinski definition) is 1. The lowest BCUT2D eigenvalue weighted by Gasteiger charge is -2.23. The summed E-state index contributed by atoms with van der Waals surface area (Å²) >= 11 is 1.66. The molecule has 0 radical (unpaired) electrons. The van der Waals surface area contributed by atoms with Gasteiger partial charge in [0, 0.05) is 25.1 Å². The predicted octanol–water partition coefficient (Wildman–Crippen LogP) is 1.72. The molecule has 0 bridgehead atoms. The maximum Gasteiger partial charge on any atom is 0.237 e. The number of nitrogens with one attached hydrogen (secondary N) is 1. The summed E-state index contributed by atoms with van der Waals surface area (Å²) in [7, 11) is 3.65. The van der Waals surface area contributed by atoms with Gasteiger partial charge < -0.3 is 10.1 Å². The van der Waals surface area contributed by atoms with E-state index in [1.165, 1.54) is 4.88 Å². The first-order chi connectivity index (χ1) is 8.65. The van der Waals surface area contributed by atoms with Gasteiger partial charge in [0.25, 0.3) is 0 Å². The number of rotatable bonds is 8. The van der Waals surface area contributed by atoms with Gasteiger partial charge in [-0.15, -0.1) is 11.3 Å². The van der Waals surface area contributed by atoms with Crippen molar-refractivity contribution in [2.24, 2.45) is 0 Å². The average Bonchev–Trinajstić information content (AvgIpc) is 2.88. The molecule has 0 saturated carbocycles. The van der Waals surface area contributed by atoms with E-state index in [2.05, 4.69) is 5.32 Å². The van der Waals surface area contributed by atoms with Crippen LogP contribution in [-0.4, -0.2) is 44.2 Å². The monoisotopic (exact) mass is 270 g/mol. The normalized spacial score (nSPS) is 12.7. The van der Waals surface area contributed by atoms with E-state index < -0.39 is 0 Å². The zero-order valence-corrected chi connectivity index (χ0v) is 12.1. The Morgan fingerprint density at radius 3 is 3.00 bits per heavy atom. The van der Waals surface area contributed by atoms with Crippen LogP contribution in [-0.2, 0) is 16.1 Å². The van der Waals surface area contributed by atoms with Gasteiger partial charge in [0.2, 0.25) is 5.91 Å². The van der Waals surface area contributed by atoms with Crippen molar-refractivity contribution >= 4 is 17.2 Å². The lowest BCUT2D eigenvalue weighted by Crippen LogP contribution is -2.43. The van der Waals surface area contributed by atoms with Crippen LogP contribution in [0, 0.1) is 0 Å². The fourth-order valence-electron chi connectivity index (χ4n) is 1.59. The van der Waals surface area contributed by atoms with Crippen molar-refractivity contribution in [3.8, 4) is 0 Å². The summed E-state index contributed by atoms with van der Waals surface area (Å²) in [4.78, 5) is 15.2. The SMILES string of the molecule is COCCCN(C)C(C)C(=O)NCc1cccs1. The molecule has 0 fully saturated rings. The Kier molecular flexibility index (Phi) is 6.93. The summed E-state index contributed by atoms with van der Waals surface area (Å²) < 4.78 is 5.00. The van der Waals surface area contributed by atoms with Crippen LogP contribution < -0.4 is 5.32 Å². The van der Waals surface area contributed by atoms with Gasteiger partial charge in [-0.3, -0.25) is 9.69 Å². The smallest absolute Gasteiger partial charge is 0.237 e. The number of carbonyl (C=O) groups excluding carboxylic acids is 1. The Bertz CT molecular complexity index is 341. The van der Waals surface area contributed by atoms with Crippen molar-refractivity contribution in [2.75, 3.05) is 27.3 Å². The zero-order chi connectivity index (χ0) is 13.4. The van der Waals surface area contributed by atoms with Crippen LogP contribution in [0.25, 0.3) is 0 Å². The number of ether oxygens (including phenoxy) is 1. The molecule has 1 amide bonds. The van der Waals surface area contributed by atoms with E-state index in [0.717, 1.165) is 19.6 Å². The minimum Gasteiger partial charge on any atom is -0.385 e. The second kappa shape index (κ2) is 8.24. The lowest BCUT2D eigenvalue weighted by molar-refractivity contribution is -0.125. The van der Waals surface area contributed by atoms with Gasteiger partial charge >= 0.3 is 0 Å². The fraction of sp³-hybridized carbons (Fsp3) is 0.615. The van der Waals surface area contributed by atoms with Crippen LogP contribution in [0.15, 0.2) is 17.5 Å². The molecule has 1 aromatic rings. The maximum atomic E-state index is 11.9. The molecule has 0 saturated heterocycles. The van der Waals surface area contributed by atoms with Gasteiger partial charge in [0.05, 0.1) is 12.6 Å². The molecule has 5 heteroatoms. The second-order valence-corrected chi connectivity index (χ2v) is 5.33. The van der Waals surface area contributed by atoms with Crippen molar-refractivity contribution in [1.29, 1.82) is 0 Å². The number of thiophene rings is 1. The summed E-state index contributed by atoms with van der Waals surface area (Å²) in [6.07, 6.45) is 0.940. The summed E-state index contributed by atoms with van der Waals surface area (Å²) in [5, 5.41) is 4.97. The van der Waals surface area contributed by atoms with Gasteiger partial charge in [-0.1, -0.05) is 6.07 Å². The Morgan fingerprint density at radius 2 is 2.39 bits per heavy atom. The van der Waals surface area contributed by atoms with E-state index in [1.807, 2.05) is 36.4 Å². The third-order valence-corrected chi connectivity index (χ3v) is 3.79. The Morgan fingerprint density at radius 1 is 1.61 bits per heavy atom. The molecule has 0 aromatic carbocycles. The van der Waals surface area contributed by atoms with Gasteiger partial charge in [0.1, 0.15) is 0 Å². The number of amides is 1. The molecule has 18 heavy (non-hydrogen) atoms. The molecule has 1 rings (SSSR count). The van der Waals surface area contributed by atoms with E-state index in [4.69, 9.17) is 4.74 Å². The number of nitrogens with zero attached hydrogens (tertiary/aromatic N) is 1. The van der Waals surface area contributed by atoms with Crippen LogP contribution in [0.4, 0.5) is 0 Å². The largest absolute Gasteiger partial charge is 0.385 e. The molecular formula is C13H22N2O2S. The third-order valence-electron chi connectivity index (χ3n) is 2.92. The lowest BCUT2D eigenvalue weighted by atomic mass is 10.2. The third kappa shape index (κ3) is 5.16. The maximum absolute atomic E-state index is 11.9. The Hall–Kier alpha value is -0.910. The number of carbonyl (C=O) groups is 1. The molecule has 102 valence electrons. The minimum atomic E-state index is -0.109. The highest BCUT2D eigenvalue weighted by Gasteiger charge is 2.17. The average molecular weight is 270 g/mol. The quantitative estimate of drug-likeness (QED) is 0.731. The van der Waals surface area contributed by atoms with Gasteiger partial charge in [-0.2, -0.15) is 0 Å². The topological polar surface area (TPSA) is 41.6 Å². The predicted molar refractivity (Wildman–Crippen MR) is 74.8 cm³/mol. The Labute approximate surface area is 113 Å². The van der Waals surface area contributed by atoms with E-state index in [-0.39, 0.29) is 11.9 Å². The number of methoxy groups -OCH3 is 1. The standard InChI is InChI=1S/C13H22N2O2S/c1-11(15(2)7-5-8-17-3)13(16)14-10-12-6-4-9-18-12/h4,6,9,11H,5,7-8,10H2,1-3H3,(H,14,16). The van der Waals surface area contributed by atoms with Crippen molar-refractivity contribution in [3.05, 3.63) is 22.4 Å². The first kappa shape index (κ1) is 15.1. The summed E-state index contributed by atoms with van der Waals surface area (Å²) in [6, 6.07) is 3.91. The van der Waals surface area contributed by atoms with Gasteiger partial charge in [-0.05, 0) is 31.8 Å². The van der Waals surface area contributed by atoms with Crippen LogP contribution in [0.3, 0.4) is 0 Å². The molecule has 1 aromatic heterocycles. The molecule has 0 aliphatic rings. The highest BCUT2D eigenvalue weighted by molar-refractivity contribution is 7.09. The highest BCUT2D eigenvalue weighted by Crippen LogP contribution is 2.07. The summed E-state index contributed by atoms with van der Waals surface area (Å²) in [5.74, 6) is 0.0725. The summed E-state index contributed by atoms with van der Waals surface area (Å²) in [6.45, 7) is 4.14. The van der Waals surface area contributed by atoms with Gasteiger partial charge in [0.15, 0.2) is 0 Å². The van der Waals surface area contributed by atoms with Crippen molar-refractivity contribution < 1.29 is 9.53 Å². The molecule has 1 heterocycles. The minimum absolute atomic E-state index is 0.0725. The molecular weight excluding hydrogens is 248 g/mol. The molecule has 1 unspecified atom stereocenters. The van der Waals surface area contributed by atoms with Gasteiger partial charge in [-0.25, -0.2) is 0 Å². The molecule has 0 spiro atoms. The van der Waals surface area contributed by atoms with Crippen LogP contribution >= 0.6 is 11.3 Å². The van der Waals surface area contributed by atoms with Crippen LogP contribution in [0.2, 0.25) is 0 Å². The van der Waals surface area contributed by atoms with E-state index >= 15 is 0 Å². The molecule has 1 atom stereocenters. The first-order valence-corrected chi connectivity index (χ1v) is 7.02. The van der Waals surface area contributed by atoms with Crippen molar-refractivity contribution in [3.63, 3.8) is 0 Å². The van der Waals surface area contributed by atoms with E-state index in [0.29, 0.717) is 6.54 Å². The van der Waals surface area contributed by atoms with Crippen molar-refractivity contribution in [2.45, 2.75) is 25.9 Å². The zero-order valence-electron chi connectivity index (χ0n) is 11.3. The Balaban J connectivity index is 2.27. The first-order valence-electron chi connectivity index (χ1n) is 6.14. The number of hydrogen-bond acceptors (Lipinski definition) is 4. The second-order valence-electron chi connectivity index (χ2n) is 4.30. The molecule has 0 aliphatic heterocycles. The highest BCUT2D eigenvalue weighted by atomic mass is 32.1. The molecule has 4 nitrogen and oxygen atoms in total. The van der Waals surface area contributed by atoms with Crippen LogP contribution in [0.1, 0.15) is 18.2 Å². The summed E-state index contributed by atoms with van der Waals surface area (Å²) in [5.41, 5.74) is 0. The fourth-order valence-corrected chi connectivity index (χ4v) is 2.23. The molecule has 0 aliphatic carbocycles. The van der Waals surface area contributed by atoms with E-state index in [9.17, 15) is 4.79 Å². The van der Waals surface area contributed by atoms with Crippen molar-refractivity contribution in [1.82, 2.24) is 10.2 Å². The van der Waals surface area contributed by atoms with Crippen LogP contribution in [0.5, 0.6) is 0 Å². The number of likely N-dealkylation sites (N-methyl/N-ethyl adjacent to an activating group) is 1. The van der Waals surface area contributed by atoms with E-state index in [1.54, 1.807) is 18.4 Å².